The lowest BCUT2D eigenvalue weighted by Crippen LogP contribution is -2.54. The number of aromatic nitrogens is 2. The largest absolute Gasteiger partial charge is 0.507 e. The number of hydrogen-bond donors (Lipinski definition) is 1. The molecule has 0 unspecified atom stereocenters. The predicted octanol–water partition coefficient (Wildman–Crippen LogP) is 4.21. The molecule has 1 aromatic heterocycles. The molecular formula is C30H44N6O2. The number of rotatable bonds is 5. The van der Waals surface area contributed by atoms with Gasteiger partial charge in [0, 0.05) is 70.5 Å². The van der Waals surface area contributed by atoms with Gasteiger partial charge in [0.15, 0.2) is 0 Å². The third-order valence-electron chi connectivity index (χ3n) is 9.35. The molecule has 1 N–H and O–H groups in total. The van der Waals surface area contributed by atoms with E-state index in [0.29, 0.717) is 5.75 Å². The van der Waals surface area contributed by atoms with Crippen LogP contribution in [0.25, 0.3) is 0 Å². The number of piperazine rings is 1. The molecule has 8 heteroatoms. The highest BCUT2D eigenvalue weighted by Gasteiger charge is 2.37. The number of phenols is 1. The second-order valence-corrected chi connectivity index (χ2v) is 12.1. The zero-order valence-electron chi connectivity index (χ0n) is 23.7. The van der Waals surface area contributed by atoms with Gasteiger partial charge in [-0.3, -0.25) is 4.90 Å². The van der Waals surface area contributed by atoms with Crippen LogP contribution in [0.4, 0.5) is 17.6 Å². The van der Waals surface area contributed by atoms with Crippen molar-refractivity contribution in [1.29, 1.82) is 0 Å². The van der Waals surface area contributed by atoms with Crippen LogP contribution in [0.1, 0.15) is 61.3 Å². The van der Waals surface area contributed by atoms with Crippen LogP contribution in [0.5, 0.6) is 11.5 Å². The summed E-state index contributed by atoms with van der Waals surface area (Å²) in [5.41, 5.74) is 3.94. The summed E-state index contributed by atoms with van der Waals surface area (Å²) in [5, 5.41) is 10.5. The summed E-state index contributed by atoms with van der Waals surface area (Å²) < 4.78 is 6.73. The van der Waals surface area contributed by atoms with Gasteiger partial charge in [0.2, 0.25) is 5.95 Å². The molecule has 206 valence electrons. The number of anilines is 3. The van der Waals surface area contributed by atoms with E-state index in [1.54, 1.807) is 0 Å². The fourth-order valence-electron chi connectivity index (χ4n) is 6.75. The average molecular weight is 521 g/mol. The van der Waals surface area contributed by atoms with Gasteiger partial charge in [-0.2, -0.15) is 9.97 Å². The summed E-state index contributed by atoms with van der Waals surface area (Å²) in [4.78, 5) is 19.9. The normalized spacial score (nSPS) is 24.2. The van der Waals surface area contributed by atoms with Gasteiger partial charge in [0.25, 0.3) is 0 Å². The van der Waals surface area contributed by atoms with Crippen LogP contribution >= 0.6 is 0 Å². The van der Waals surface area contributed by atoms with Crippen molar-refractivity contribution in [1.82, 2.24) is 14.9 Å². The van der Waals surface area contributed by atoms with Crippen molar-refractivity contribution in [2.75, 3.05) is 73.6 Å². The monoisotopic (exact) mass is 520 g/mol. The Morgan fingerprint density at radius 2 is 1.37 bits per heavy atom. The van der Waals surface area contributed by atoms with Crippen molar-refractivity contribution in [3.8, 4) is 11.5 Å². The molecule has 6 rings (SSSR count). The zero-order chi connectivity index (χ0) is 26.4. The van der Waals surface area contributed by atoms with Crippen LogP contribution in [-0.4, -0.2) is 84.5 Å². The molecule has 38 heavy (non-hydrogen) atoms. The summed E-state index contributed by atoms with van der Waals surface area (Å²) >= 11 is 0. The third kappa shape index (κ3) is 4.76. The Bertz CT molecular complexity index is 1150. The highest BCUT2D eigenvalue weighted by molar-refractivity contribution is 5.59. The number of fused-ring (bicyclic) bond motifs is 1. The van der Waals surface area contributed by atoms with Crippen molar-refractivity contribution in [2.45, 2.75) is 71.8 Å². The maximum atomic E-state index is 10.5. The highest BCUT2D eigenvalue weighted by atomic mass is 16.5. The first-order valence-electron chi connectivity index (χ1n) is 14.7. The third-order valence-corrected chi connectivity index (χ3v) is 9.35. The van der Waals surface area contributed by atoms with Crippen molar-refractivity contribution in [3.63, 3.8) is 0 Å². The van der Waals surface area contributed by atoms with E-state index in [0.717, 1.165) is 112 Å². The molecule has 0 bridgehead atoms. The minimum Gasteiger partial charge on any atom is -0.507 e. The lowest BCUT2D eigenvalue weighted by molar-refractivity contribution is 0.0226. The van der Waals surface area contributed by atoms with Crippen LogP contribution in [-0.2, 0) is 6.42 Å². The van der Waals surface area contributed by atoms with E-state index in [1.165, 1.54) is 31.2 Å². The number of aromatic hydroxyl groups is 1. The van der Waals surface area contributed by atoms with Gasteiger partial charge in [-0.05, 0) is 82.9 Å². The Morgan fingerprint density at radius 1 is 0.789 bits per heavy atom. The van der Waals surface area contributed by atoms with E-state index in [4.69, 9.17) is 14.7 Å². The lowest BCUT2D eigenvalue weighted by Gasteiger charge is -2.43. The van der Waals surface area contributed by atoms with Crippen molar-refractivity contribution >= 4 is 17.6 Å². The molecule has 4 aliphatic rings. The Hall–Kier alpha value is -2.74. The molecule has 1 aromatic carbocycles. The van der Waals surface area contributed by atoms with E-state index in [-0.39, 0.29) is 5.60 Å². The van der Waals surface area contributed by atoms with Gasteiger partial charge in [-0.1, -0.05) is 0 Å². The van der Waals surface area contributed by atoms with Crippen LogP contribution in [0.2, 0.25) is 0 Å². The summed E-state index contributed by atoms with van der Waals surface area (Å²) in [6.45, 7) is 17.5. The summed E-state index contributed by atoms with van der Waals surface area (Å²) in [6.07, 6.45) is 6.89. The smallest absolute Gasteiger partial charge is 0.229 e. The standard InChI is InChI=1S/C30H44N6O2/c1-21-22(2)28-24(23(3)27(21)37)9-10-30(4,38-28)20-33-15-17-35(18-16-33)26-19-25(34-11-5-6-12-34)31-29(32-26)36-13-7-8-14-36/h19,37H,5-18,20H2,1-4H3/t30-/m1/s1. The fraction of sp³-hybridized carbons (Fsp3) is 0.667. The van der Waals surface area contributed by atoms with E-state index in [2.05, 4.69) is 39.5 Å². The molecule has 0 aliphatic carbocycles. The van der Waals surface area contributed by atoms with E-state index in [1.807, 2.05) is 13.8 Å². The number of hydrogen-bond acceptors (Lipinski definition) is 8. The molecule has 3 saturated heterocycles. The second kappa shape index (κ2) is 10.1. The second-order valence-electron chi connectivity index (χ2n) is 12.1. The SMILES string of the molecule is Cc1c(C)c2c(c(C)c1O)CC[C@](C)(CN1CCN(c3cc(N4CCCC4)nc(N4CCCC4)n3)CC1)O2. The molecule has 0 spiro atoms. The summed E-state index contributed by atoms with van der Waals surface area (Å²) in [5.74, 6) is 4.52. The molecule has 0 radical (unpaired) electrons. The van der Waals surface area contributed by atoms with Gasteiger partial charge >= 0.3 is 0 Å². The molecule has 8 nitrogen and oxygen atoms in total. The fourth-order valence-corrected chi connectivity index (χ4v) is 6.75. The minimum absolute atomic E-state index is 0.226. The van der Waals surface area contributed by atoms with Crippen molar-refractivity contribution in [2.24, 2.45) is 0 Å². The quantitative estimate of drug-likeness (QED) is 0.629. The van der Waals surface area contributed by atoms with Crippen LogP contribution in [0.15, 0.2) is 6.07 Å². The first-order valence-corrected chi connectivity index (χ1v) is 14.7. The first-order chi connectivity index (χ1) is 18.3. The molecule has 2 aromatic rings. The Balaban J connectivity index is 1.14. The Morgan fingerprint density at radius 3 is 2.00 bits per heavy atom. The summed E-state index contributed by atoms with van der Waals surface area (Å²) in [7, 11) is 0. The predicted molar refractivity (Wildman–Crippen MR) is 153 cm³/mol. The minimum atomic E-state index is -0.226. The number of ether oxygens (including phenoxy) is 1. The number of phenolic OH excluding ortho intramolecular Hbond substituents is 1. The molecule has 0 amide bonds. The Labute approximate surface area is 227 Å². The van der Waals surface area contributed by atoms with Crippen LogP contribution in [0, 0.1) is 20.8 Å². The van der Waals surface area contributed by atoms with Crippen LogP contribution in [0.3, 0.4) is 0 Å². The lowest BCUT2D eigenvalue weighted by atomic mass is 9.87. The molecule has 4 aliphatic heterocycles. The average Bonchev–Trinajstić information content (AvgIpc) is 3.66. The number of benzene rings is 1. The molecule has 0 saturated carbocycles. The van der Waals surface area contributed by atoms with Crippen LogP contribution < -0.4 is 19.4 Å². The summed E-state index contributed by atoms with van der Waals surface area (Å²) in [6, 6.07) is 2.23. The molecule has 5 heterocycles. The highest BCUT2D eigenvalue weighted by Crippen LogP contribution is 2.43. The van der Waals surface area contributed by atoms with E-state index in [9.17, 15) is 5.11 Å². The molecular weight excluding hydrogens is 476 g/mol. The maximum Gasteiger partial charge on any atom is 0.229 e. The van der Waals surface area contributed by atoms with Crippen molar-refractivity contribution < 1.29 is 9.84 Å². The molecule has 3 fully saturated rings. The van der Waals surface area contributed by atoms with Gasteiger partial charge in [0.05, 0.1) is 0 Å². The van der Waals surface area contributed by atoms with Gasteiger partial charge in [-0.25, -0.2) is 0 Å². The topological polar surface area (TPSA) is 68.2 Å². The maximum absolute atomic E-state index is 10.5. The Kier molecular flexibility index (Phi) is 6.79. The van der Waals surface area contributed by atoms with Gasteiger partial charge < -0.3 is 24.5 Å². The van der Waals surface area contributed by atoms with Crippen molar-refractivity contribution in [3.05, 3.63) is 28.3 Å². The molecule has 1 atom stereocenters. The van der Waals surface area contributed by atoms with Gasteiger partial charge in [0.1, 0.15) is 28.7 Å². The zero-order valence-corrected chi connectivity index (χ0v) is 23.7. The van der Waals surface area contributed by atoms with Gasteiger partial charge in [-0.15, -0.1) is 0 Å². The number of nitrogens with zero attached hydrogens (tertiary/aromatic N) is 6. The first kappa shape index (κ1) is 25.5. The van der Waals surface area contributed by atoms with E-state index >= 15 is 0 Å². The van der Waals surface area contributed by atoms with E-state index < -0.39 is 0 Å².